The summed E-state index contributed by atoms with van der Waals surface area (Å²) >= 11 is 9.33. The summed E-state index contributed by atoms with van der Waals surface area (Å²) in [4.78, 5) is 22.6. The summed E-state index contributed by atoms with van der Waals surface area (Å²) in [5.41, 5.74) is 0.766. The van der Waals surface area contributed by atoms with E-state index in [4.69, 9.17) is 0 Å². The van der Waals surface area contributed by atoms with Gasteiger partial charge in [-0.3, -0.25) is 0 Å². The van der Waals surface area contributed by atoms with Crippen molar-refractivity contribution in [1.29, 1.82) is 0 Å². The van der Waals surface area contributed by atoms with Crippen LogP contribution in [0, 0.1) is 0 Å². The molecule has 28 heavy (non-hydrogen) atoms. The highest BCUT2D eigenvalue weighted by atomic mass is 79.9. The minimum Gasteiger partial charge on any atom is -0.464 e. The van der Waals surface area contributed by atoms with Gasteiger partial charge in [-0.2, -0.15) is 8.75 Å². The number of ether oxygens (including phenoxy) is 2. The van der Waals surface area contributed by atoms with Crippen molar-refractivity contribution in [1.82, 2.24) is 8.75 Å². The van der Waals surface area contributed by atoms with Gasteiger partial charge in [0, 0.05) is 19.7 Å². The highest BCUT2D eigenvalue weighted by Crippen LogP contribution is 2.30. The molecular weight excluding hydrogens is 532 g/mol. The molecule has 6 nitrogen and oxygen atoms in total. The van der Waals surface area contributed by atoms with Crippen molar-refractivity contribution in [3.8, 4) is 0 Å². The van der Waals surface area contributed by atoms with Crippen molar-refractivity contribution in [2.75, 3.05) is 14.2 Å². The molecule has 0 unspecified atom stereocenters. The third kappa shape index (κ3) is 4.24. The zero-order chi connectivity index (χ0) is 20.3. The maximum atomic E-state index is 11.3. The fourth-order valence-electron chi connectivity index (χ4n) is 2.33. The zero-order valence-electron chi connectivity index (χ0n) is 14.6. The maximum Gasteiger partial charge on any atom is 0.358 e. The first-order valence-corrected chi connectivity index (χ1v) is 10.8. The number of esters is 2. The first-order valence-electron chi connectivity index (χ1n) is 7.71. The van der Waals surface area contributed by atoms with Crippen LogP contribution in [0.25, 0.3) is 20.2 Å². The molecule has 0 aliphatic carbocycles. The Balaban J connectivity index is 0.000000161. The van der Waals surface area contributed by atoms with Crippen LogP contribution in [-0.4, -0.2) is 34.9 Å². The van der Waals surface area contributed by atoms with Crippen LogP contribution in [0.5, 0.6) is 0 Å². The Morgan fingerprint density at radius 2 is 1.54 bits per heavy atom. The molecule has 0 atom stereocenters. The molecule has 0 radical (unpaired) electrons. The fraction of sp³-hybridized carbons (Fsp3) is 0.111. The van der Waals surface area contributed by atoms with E-state index in [1.807, 2.05) is 36.4 Å². The molecule has 4 aromatic rings. The summed E-state index contributed by atoms with van der Waals surface area (Å²) in [6, 6.07) is 11.3. The SMILES string of the molecule is COC(=O)c1nsc2c(Br)cccc12.COC(=O)c1nsc2ccc(Br)cc12. The minimum atomic E-state index is -0.394. The molecule has 0 bridgehead atoms. The molecule has 2 aromatic heterocycles. The van der Waals surface area contributed by atoms with Crippen LogP contribution in [-0.2, 0) is 9.47 Å². The zero-order valence-corrected chi connectivity index (χ0v) is 19.4. The van der Waals surface area contributed by atoms with E-state index in [0.29, 0.717) is 11.4 Å². The Morgan fingerprint density at radius 3 is 2.21 bits per heavy atom. The Hall–Kier alpha value is -1.88. The molecule has 4 rings (SSSR count). The number of fused-ring (bicyclic) bond motifs is 2. The van der Waals surface area contributed by atoms with Gasteiger partial charge in [0.25, 0.3) is 0 Å². The number of nitrogens with zero attached hydrogens (tertiary/aromatic N) is 2. The van der Waals surface area contributed by atoms with Crippen molar-refractivity contribution < 1.29 is 19.1 Å². The second kappa shape index (κ2) is 9.08. The molecular formula is C18H12Br2N2O4S2. The van der Waals surface area contributed by atoms with Crippen LogP contribution in [0.15, 0.2) is 45.3 Å². The van der Waals surface area contributed by atoms with Crippen LogP contribution in [0.1, 0.15) is 21.0 Å². The van der Waals surface area contributed by atoms with Crippen LogP contribution in [0.2, 0.25) is 0 Å². The number of benzene rings is 2. The summed E-state index contributed by atoms with van der Waals surface area (Å²) in [6.07, 6.45) is 0. The van der Waals surface area contributed by atoms with Gasteiger partial charge < -0.3 is 9.47 Å². The van der Waals surface area contributed by atoms with Crippen LogP contribution >= 0.6 is 54.9 Å². The Morgan fingerprint density at radius 1 is 0.893 bits per heavy atom. The van der Waals surface area contributed by atoms with Crippen LogP contribution in [0.4, 0.5) is 0 Å². The number of carbonyl (C=O) groups is 2. The number of aromatic nitrogens is 2. The van der Waals surface area contributed by atoms with E-state index < -0.39 is 11.9 Å². The van der Waals surface area contributed by atoms with Crippen molar-refractivity contribution >= 4 is 87.0 Å². The molecule has 0 N–H and O–H groups in total. The summed E-state index contributed by atoms with van der Waals surface area (Å²) in [7, 11) is 2.71. The first-order chi connectivity index (χ1) is 13.5. The minimum absolute atomic E-state index is 0.383. The normalized spacial score (nSPS) is 10.4. The lowest BCUT2D eigenvalue weighted by molar-refractivity contribution is 0.0589. The molecule has 2 aromatic carbocycles. The predicted octanol–water partition coefficient (Wildman–Crippen LogP) is 5.69. The summed E-state index contributed by atoms with van der Waals surface area (Å²) < 4.78 is 21.2. The quantitative estimate of drug-likeness (QED) is 0.302. The highest BCUT2D eigenvalue weighted by Gasteiger charge is 2.16. The number of hydrogen-bond acceptors (Lipinski definition) is 8. The first kappa shape index (κ1) is 20.8. The fourth-order valence-corrected chi connectivity index (χ4v) is 4.79. The monoisotopic (exact) mass is 542 g/mol. The van der Waals surface area contributed by atoms with Gasteiger partial charge in [0.05, 0.1) is 23.6 Å². The van der Waals surface area contributed by atoms with E-state index in [-0.39, 0.29) is 0 Å². The largest absolute Gasteiger partial charge is 0.464 e. The summed E-state index contributed by atoms with van der Waals surface area (Å²) in [5, 5.41) is 1.66. The van der Waals surface area contributed by atoms with Gasteiger partial charge in [0.2, 0.25) is 0 Å². The van der Waals surface area contributed by atoms with E-state index in [2.05, 4.69) is 50.1 Å². The average molecular weight is 544 g/mol. The van der Waals surface area contributed by atoms with E-state index in [9.17, 15) is 9.59 Å². The van der Waals surface area contributed by atoms with E-state index >= 15 is 0 Å². The molecule has 0 fully saturated rings. The number of halogens is 2. The molecule has 2 heterocycles. The van der Waals surface area contributed by atoms with Gasteiger partial charge in [-0.25, -0.2) is 9.59 Å². The van der Waals surface area contributed by atoms with E-state index in [0.717, 1.165) is 29.1 Å². The number of methoxy groups -OCH3 is 2. The van der Waals surface area contributed by atoms with Crippen molar-refractivity contribution in [3.05, 3.63) is 56.7 Å². The highest BCUT2D eigenvalue weighted by molar-refractivity contribution is 9.11. The number of hydrogen-bond donors (Lipinski definition) is 0. The lowest BCUT2D eigenvalue weighted by atomic mass is 10.2. The standard InChI is InChI=1S/2C9H6BrNO2S/c1-13-9(12)8-6-4-5(10)2-3-7(6)14-11-8;1-13-9(12)7-5-3-2-4-6(10)8(5)14-11-7/h2*2-4H,1H3. The second-order valence-corrected chi connectivity index (χ2v) is 8.65. The molecule has 10 heteroatoms. The van der Waals surface area contributed by atoms with E-state index in [1.165, 1.54) is 37.3 Å². The molecule has 144 valence electrons. The lowest BCUT2D eigenvalue weighted by Crippen LogP contribution is -2.01. The van der Waals surface area contributed by atoms with Gasteiger partial charge in [-0.15, -0.1) is 0 Å². The van der Waals surface area contributed by atoms with Crippen LogP contribution < -0.4 is 0 Å². The van der Waals surface area contributed by atoms with Crippen LogP contribution in [0.3, 0.4) is 0 Å². The van der Waals surface area contributed by atoms with Crippen molar-refractivity contribution in [2.45, 2.75) is 0 Å². The molecule has 0 aliphatic rings. The third-order valence-corrected chi connectivity index (χ3v) is 6.78. The third-order valence-electron chi connectivity index (χ3n) is 3.64. The Labute approximate surface area is 185 Å². The molecule has 0 spiro atoms. The Bertz CT molecular complexity index is 1160. The maximum absolute atomic E-state index is 11.3. The number of carbonyl (C=O) groups excluding carboxylic acids is 2. The van der Waals surface area contributed by atoms with Crippen molar-refractivity contribution in [2.24, 2.45) is 0 Å². The summed E-state index contributed by atoms with van der Waals surface area (Å²) in [6.45, 7) is 0. The van der Waals surface area contributed by atoms with E-state index in [1.54, 1.807) is 0 Å². The molecule has 0 amide bonds. The van der Waals surface area contributed by atoms with Crippen molar-refractivity contribution in [3.63, 3.8) is 0 Å². The van der Waals surface area contributed by atoms with Gasteiger partial charge in [0.15, 0.2) is 11.4 Å². The predicted molar refractivity (Wildman–Crippen MR) is 117 cm³/mol. The number of rotatable bonds is 2. The molecule has 0 aliphatic heterocycles. The van der Waals surface area contributed by atoms with Gasteiger partial charge in [-0.1, -0.05) is 28.1 Å². The smallest absolute Gasteiger partial charge is 0.358 e. The topological polar surface area (TPSA) is 78.4 Å². The second-order valence-electron chi connectivity index (χ2n) is 5.30. The van der Waals surface area contributed by atoms with Gasteiger partial charge in [-0.05, 0) is 63.3 Å². The summed E-state index contributed by atoms with van der Waals surface area (Å²) in [5.74, 6) is -0.788. The molecule has 0 saturated heterocycles. The van der Waals surface area contributed by atoms with Gasteiger partial charge >= 0.3 is 11.9 Å². The average Bonchev–Trinajstić information content (AvgIpc) is 3.32. The Kier molecular flexibility index (Phi) is 6.76. The van der Waals surface area contributed by atoms with Gasteiger partial charge in [0.1, 0.15) is 0 Å². The lowest BCUT2D eigenvalue weighted by Gasteiger charge is -1.95. The molecule has 0 saturated carbocycles.